The quantitative estimate of drug-likeness (QED) is 0.565. The standard InChI is InChI=1S/C19H25BrN2O2/c1-19(2,3)24-18(23)22-14-12-21(13-15-22)17-9-7-16(8-10-17)6-4-5-11-20/h7-10H,5,11-15H2,1-3H3. The molecule has 1 aromatic rings. The molecule has 0 bridgehead atoms. The van der Waals surface area contributed by atoms with Gasteiger partial charge in [0.1, 0.15) is 5.60 Å². The molecule has 1 amide bonds. The molecule has 1 heterocycles. The Balaban J connectivity index is 1.88. The number of halogens is 1. The molecule has 0 aliphatic carbocycles. The molecule has 24 heavy (non-hydrogen) atoms. The number of hydrogen-bond acceptors (Lipinski definition) is 3. The molecule has 0 aromatic heterocycles. The van der Waals surface area contributed by atoms with Gasteiger partial charge in [-0.2, -0.15) is 0 Å². The summed E-state index contributed by atoms with van der Waals surface area (Å²) in [5.74, 6) is 6.27. The van der Waals surface area contributed by atoms with Crippen molar-refractivity contribution >= 4 is 27.7 Å². The summed E-state index contributed by atoms with van der Waals surface area (Å²) in [5.41, 5.74) is 1.76. The van der Waals surface area contributed by atoms with Crippen molar-refractivity contribution in [1.82, 2.24) is 4.90 Å². The molecule has 130 valence electrons. The first-order valence-corrected chi connectivity index (χ1v) is 9.39. The molecule has 5 heteroatoms. The summed E-state index contributed by atoms with van der Waals surface area (Å²) in [7, 11) is 0. The molecule has 0 saturated carbocycles. The largest absolute Gasteiger partial charge is 0.444 e. The van der Waals surface area contributed by atoms with Gasteiger partial charge >= 0.3 is 6.09 Å². The molecule has 0 spiro atoms. The predicted octanol–water partition coefficient (Wildman–Crippen LogP) is 3.88. The van der Waals surface area contributed by atoms with Crippen LogP contribution in [0.1, 0.15) is 32.8 Å². The second-order valence-corrected chi connectivity index (χ2v) is 7.54. The number of hydrogen-bond donors (Lipinski definition) is 0. The first kappa shape index (κ1) is 18.7. The Labute approximate surface area is 153 Å². The fraction of sp³-hybridized carbons (Fsp3) is 0.526. The molecule has 1 aromatic carbocycles. The summed E-state index contributed by atoms with van der Waals surface area (Å²) < 4.78 is 5.43. The Bertz CT molecular complexity index is 603. The molecule has 4 nitrogen and oxygen atoms in total. The van der Waals surface area contributed by atoms with E-state index in [-0.39, 0.29) is 6.09 Å². The van der Waals surface area contributed by atoms with Gasteiger partial charge in [-0.15, -0.1) is 0 Å². The van der Waals surface area contributed by atoms with Crippen LogP contribution in [0, 0.1) is 11.8 Å². The lowest BCUT2D eigenvalue weighted by Gasteiger charge is -2.36. The van der Waals surface area contributed by atoms with Crippen LogP contribution in [0.2, 0.25) is 0 Å². The van der Waals surface area contributed by atoms with Crippen LogP contribution in [0.3, 0.4) is 0 Å². The van der Waals surface area contributed by atoms with E-state index in [9.17, 15) is 4.79 Å². The van der Waals surface area contributed by atoms with E-state index in [0.29, 0.717) is 13.1 Å². The van der Waals surface area contributed by atoms with Crippen LogP contribution in [0.4, 0.5) is 10.5 Å². The van der Waals surface area contributed by atoms with E-state index < -0.39 is 5.60 Å². The number of anilines is 1. The first-order chi connectivity index (χ1) is 11.4. The maximum absolute atomic E-state index is 12.1. The Morgan fingerprint density at radius 2 is 1.79 bits per heavy atom. The molecule has 1 fully saturated rings. The van der Waals surface area contributed by atoms with Crippen molar-refractivity contribution in [3.63, 3.8) is 0 Å². The van der Waals surface area contributed by atoms with Crippen LogP contribution in [0.15, 0.2) is 24.3 Å². The Morgan fingerprint density at radius 3 is 2.33 bits per heavy atom. The van der Waals surface area contributed by atoms with Crippen molar-refractivity contribution in [1.29, 1.82) is 0 Å². The molecule has 0 radical (unpaired) electrons. The van der Waals surface area contributed by atoms with Gasteiger partial charge in [0.2, 0.25) is 0 Å². The van der Waals surface area contributed by atoms with Gasteiger partial charge in [-0.3, -0.25) is 0 Å². The van der Waals surface area contributed by atoms with Crippen LogP contribution < -0.4 is 4.90 Å². The molecular weight excluding hydrogens is 368 g/mol. The average Bonchev–Trinajstić information content (AvgIpc) is 2.54. The highest BCUT2D eigenvalue weighted by Crippen LogP contribution is 2.18. The third kappa shape index (κ3) is 5.76. The molecular formula is C19H25BrN2O2. The third-order valence-electron chi connectivity index (χ3n) is 3.62. The van der Waals surface area contributed by atoms with E-state index in [1.807, 2.05) is 20.8 Å². The van der Waals surface area contributed by atoms with Gasteiger partial charge in [0.15, 0.2) is 0 Å². The molecule has 2 rings (SSSR count). The summed E-state index contributed by atoms with van der Waals surface area (Å²) in [4.78, 5) is 16.2. The second kappa shape index (κ2) is 8.43. The SMILES string of the molecule is CC(C)(C)OC(=O)N1CCN(c2ccc(C#CCCBr)cc2)CC1. The van der Waals surface area contributed by atoms with Gasteiger partial charge in [0.05, 0.1) is 0 Å². The number of ether oxygens (including phenoxy) is 1. The molecule has 1 saturated heterocycles. The number of carbonyl (C=O) groups is 1. The lowest BCUT2D eigenvalue weighted by molar-refractivity contribution is 0.0240. The van der Waals surface area contributed by atoms with E-state index in [4.69, 9.17) is 4.74 Å². The summed E-state index contributed by atoms with van der Waals surface area (Å²) in [5, 5.41) is 0.903. The van der Waals surface area contributed by atoms with Gasteiger partial charge in [-0.1, -0.05) is 27.8 Å². The lowest BCUT2D eigenvalue weighted by atomic mass is 10.2. The Morgan fingerprint density at radius 1 is 1.17 bits per heavy atom. The van der Waals surface area contributed by atoms with Crippen molar-refractivity contribution in [3.8, 4) is 11.8 Å². The highest BCUT2D eigenvalue weighted by molar-refractivity contribution is 9.09. The molecule has 1 aliphatic rings. The number of benzene rings is 1. The number of piperazine rings is 1. The van der Waals surface area contributed by atoms with Crippen molar-refractivity contribution in [2.24, 2.45) is 0 Å². The van der Waals surface area contributed by atoms with Gasteiger partial charge in [0, 0.05) is 49.2 Å². The van der Waals surface area contributed by atoms with Gasteiger partial charge in [-0.05, 0) is 45.0 Å². The lowest BCUT2D eigenvalue weighted by Crippen LogP contribution is -2.50. The van der Waals surface area contributed by atoms with Gasteiger partial charge in [0.25, 0.3) is 0 Å². The maximum Gasteiger partial charge on any atom is 0.410 e. The van der Waals surface area contributed by atoms with Gasteiger partial charge < -0.3 is 14.5 Å². The van der Waals surface area contributed by atoms with E-state index in [1.54, 1.807) is 4.90 Å². The van der Waals surface area contributed by atoms with Crippen LogP contribution in [-0.2, 0) is 4.74 Å². The van der Waals surface area contributed by atoms with Crippen LogP contribution in [0.25, 0.3) is 0 Å². The number of nitrogens with zero attached hydrogens (tertiary/aromatic N) is 2. The van der Waals surface area contributed by atoms with Crippen LogP contribution in [0.5, 0.6) is 0 Å². The zero-order valence-corrected chi connectivity index (χ0v) is 16.2. The zero-order valence-electron chi connectivity index (χ0n) is 14.6. The van der Waals surface area contributed by atoms with Crippen molar-refractivity contribution in [2.45, 2.75) is 32.8 Å². The van der Waals surface area contributed by atoms with E-state index >= 15 is 0 Å². The van der Waals surface area contributed by atoms with Crippen LogP contribution >= 0.6 is 15.9 Å². The summed E-state index contributed by atoms with van der Waals surface area (Å²) >= 11 is 3.37. The number of rotatable bonds is 2. The van der Waals surface area contributed by atoms with Gasteiger partial charge in [-0.25, -0.2) is 4.79 Å². The van der Waals surface area contributed by atoms with E-state index in [0.717, 1.165) is 30.4 Å². The normalized spacial score (nSPS) is 14.8. The predicted molar refractivity (Wildman–Crippen MR) is 102 cm³/mol. The minimum Gasteiger partial charge on any atom is -0.444 e. The monoisotopic (exact) mass is 392 g/mol. The molecule has 0 N–H and O–H groups in total. The van der Waals surface area contributed by atoms with Crippen molar-refractivity contribution in [3.05, 3.63) is 29.8 Å². The van der Waals surface area contributed by atoms with E-state index in [1.165, 1.54) is 5.69 Å². The second-order valence-electron chi connectivity index (χ2n) is 6.74. The summed E-state index contributed by atoms with van der Waals surface area (Å²) in [6.07, 6.45) is 0.633. The number of alkyl halides is 1. The highest BCUT2D eigenvalue weighted by atomic mass is 79.9. The third-order valence-corrected chi connectivity index (χ3v) is 4.01. The summed E-state index contributed by atoms with van der Waals surface area (Å²) in [6.45, 7) is 8.67. The zero-order chi connectivity index (χ0) is 17.6. The Kier molecular flexibility index (Phi) is 6.56. The summed E-state index contributed by atoms with van der Waals surface area (Å²) in [6, 6.07) is 8.30. The van der Waals surface area contributed by atoms with E-state index in [2.05, 4.69) is 56.9 Å². The fourth-order valence-electron chi connectivity index (χ4n) is 2.44. The fourth-order valence-corrected chi connectivity index (χ4v) is 2.64. The average molecular weight is 393 g/mol. The maximum atomic E-state index is 12.1. The number of carbonyl (C=O) groups excluding carboxylic acids is 1. The van der Waals surface area contributed by atoms with Crippen molar-refractivity contribution < 1.29 is 9.53 Å². The first-order valence-electron chi connectivity index (χ1n) is 8.27. The van der Waals surface area contributed by atoms with Crippen molar-refractivity contribution in [2.75, 3.05) is 36.4 Å². The topological polar surface area (TPSA) is 32.8 Å². The molecule has 0 unspecified atom stereocenters. The van der Waals surface area contributed by atoms with Crippen LogP contribution in [-0.4, -0.2) is 48.1 Å². The molecule has 0 atom stereocenters. The minimum absolute atomic E-state index is 0.223. The number of amides is 1. The highest BCUT2D eigenvalue weighted by Gasteiger charge is 2.25. The Hall–Kier alpha value is -1.67. The molecule has 1 aliphatic heterocycles. The smallest absolute Gasteiger partial charge is 0.410 e. The minimum atomic E-state index is -0.445.